The third kappa shape index (κ3) is 12.9. The molecule has 0 aliphatic rings. The molecule has 0 spiro atoms. The van der Waals surface area contributed by atoms with Gasteiger partial charge in [0, 0.05) is 13.2 Å². The Bertz CT molecular complexity index is 236. The first-order valence-corrected chi connectivity index (χ1v) is 6.71. The Kier molecular flexibility index (Phi) is 12.8. The van der Waals surface area contributed by atoms with E-state index in [-0.39, 0.29) is 13.2 Å². The van der Waals surface area contributed by atoms with Gasteiger partial charge >= 0.3 is 12.2 Å². The Balaban J connectivity index is 3.37. The second-order valence-corrected chi connectivity index (χ2v) is 3.75. The Hall–Kier alpha value is -1.54. The zero-order valence-electron chi connectivity index (χ0n) is 12.1. The van der Waals surface area contributed by atoms with Crippen LogP contribution < -0.4 is 10.9 Å². The van der Waals surface area contributed by atoms with Crippen molar-refractivity contribution in [2.75, 3.05) is 39.6 Å². The summed E-state index contributed by atoms with van der Waals surface area (Å²) in [5.41, 5.74) is 4.09. The van der Waals surface area contributed by atoms with E-state index in [1.54, 1.807) is 0 Å². The number of hydrazine groups is 1. The number of amides is 2. The van der Waals surface area contributed by atoms with E-state index in [0.29, 0.717) is 26.4 Å². The van der Waals surface area contributed by atoms with Gasteiger partial charge in [-0.25, -0.2) is 20.4 Å². The van der Waals surface area contributed by atoms with E-state index >= 15 is 0 Å². The normalized spacial score (nSPS) is 9.90. The van der Waals surface area contributed by atoms with Crippen LogP contribution in [0.25, 0.3) is 0 Å². The lowest BCUT2D eigenvalue weighted by molar-refractivity contribution is 0.0641. The average molecular weight is 292 g/mol. The highest BCUT2D eigenvalue weighted by atomic mass is 16.6. The number of carbonyl (C=O) groups excluding carboxylic acids is 2. The highest BCUT2D eigenvalue weighted by Gasteiger charge is 2.05. The van der Waals surface area contributed by atoms with Gasteiger partial charge in [-0.3, -0.25) is 0 Å². The van der Waals surface area contributed by atoms with Crippen molar-refractivity contribution in [2.45, 2.75) is 26.7 Å². The number of nitrogens with one attached hydrogen (secondary N) is 2. The van der Waals surface area contributed by atoms with E-state index in [2.05, 4.69) is 0 Å². The summed E-state index contributed by atoms with van der Waals surface area (Å²) in [6, 6.07) is 0. The van der Waals surface area contributed by atoms with Gasteiger partial charge in [0.15, 0.2) is 0 Å². The fraction of sp³-hybridized carbons (Fsp3) is 0.833. The monoisotopic (exact) mass is 292 g/mol. The molecule has 0 aromatic carbocycles. The molecule has 8 heteroatoms. The summed E-state index contributed by atoms with van der Waals surface area (Å²) in [6.07, 6.45) is 0.261. The van der Waals surface area contributed by atoms with E-state index in [1.807, 2.05) is 24.7 Å². The second-order valence-electron chi connectivity index (χ2n) is 3.75. The molecule has 118 valence electrons. The van der Waals surface area contributed by atoms with Crippen LogP contribution in [0.3, 0.4) is 0 Å². The van der Waals surface area contributed by atoms with Crippen LogP contribution in [0.2, 0.25) is 0 Å². The Morgan fingerprint density at radius 3 is 1.45 bits per heavy atom. The van der Waals surface area contributed by atoms with Crippen LogP contribution in [0, 0.1) is 0 Å². The zero-order chi connectivity index (χ0) is 15.1. The molecule has 20 heavy (non-hydrogen) atoms. The van der Waals surface area contributed by atoms with Gasteiger partial charge in [-0.05, 0) is 12.8 Å². The molecule has 0 aromatic heterocycles. The summed E-state index contributed by atoms with van der Waals surface area (Å²) < 4.78 is 19.7. The maximum Gasteiger partial charge on any atom is 0.426 e. The molecular weight excluding hydrogens is 268 g/mol. The lowest BCUT2D eigenvalue weighted by Gasteiger charge is -2.09. The maximum absolute atomic E-state index is 11.1. The first-order valence-electron chi connectivity index (χ1n) is 6.71. The molecule has 0 saturated heterocycles. The molecule has 0 atom stereocenters. The molecule has 2 N–H and O–H groups in total. The lowest BCUT2D eigenvalue weighted by atomic mass is 10.5. The Morgan fingerprint density at radius 1 is 0.700 bits per heavy atom. The summed E-state index contributed by atoms with van der Waals surface area (Å²) in [5.74, 6) is 0. The van der Waals surface area contributed by atoms with Crippen LogP contribution in [-0.4, -0.2) is 51.8 Å². The van der Waals surface area contributed by atoms with Gasteiger partial charge in [0.25, 0.3) is 0 Å². The molecule has 0 rings (SSSR count). The fourth-order valence-electron chi connectivity index (χ4n) is 1.05. The van der Waals surface area contributed by atoms with Crippen molar-refractivity contribution in [1.29, 1.82) is 0 Å². The minimum absolute atomic E-state index is 0.118. The van der Waals surface area contributed by atoms with Gasteiger partial charge in [-0.2, -0.15) is 0 Å². The number of carbonyl (C=O) groups is 2. The van der Waals surface area contributed by atoms with Crippen LogP contribution in [-0.2, 0) is 18.9 Å². The predicted octanol–water partition coefficient (Wildman–Crippen LogP) is 1.21. The molecule has 0 unspecified atom stereocenters. The van der Waals surface area contributed by atoms with Crippen LogP contribution in [0.1, 0.15) is 26.7 Å². The van der Waals surface area contributed by atoms with Gasteiger partial charge in [0.05, 0.1) is 13.2 Å². The summed E-state index contributed by atoms with van der Waals surface area (Å²) >= 11 is 0. The first-order chi connectivity index (χ1) is 9.70. The summed E-state index contributed by atoms with van der Waals surface area (Å²) in [4.78, 5) is 22.2. The van der Waals surface area contributed by atoms with Crippen LogP contribution >= 0.6 is 0 Å². The summed E-state index contributed by atoms with van der Waals surface area (Å²) in [7, 11) is 0. The zero-order valence-corrected chi connectivity index (χ0v) is 12.1. The van der Waals surface area contributed by atoms with Crippen LogP contribution in [0.5, 0.6) is 0 Å². The number of hydrogen-bond acceptors (Lipinski definition) is 6. The molecule has 0 saturated carbocycles. The average Bonchev–Trinajstić information content (AvgIpc) is 2.44. The van der Waals surface area contributed by atoms with Crippen molar-refractivity contribution in [3.8, 4) is 0 Å². The summed E-state index contributed by atoms with van der Waals surface area (Å²) in [6.45, 7) is 6.08. The van der Waals surface area contributed by atoms with Gasteiger partial charge in [-0.15, -0.1) is 0 Å². The van der Waals surface area contributed by atoms with Gasteiger partial charge < -0.3 is 18.9 Å². The molecule has 2 amide bonds. The molecule has 0 bridgehead atoms. The minimum Gasteiger partial charge on any atom is -0.446 e. The van der Waals surface area contributed by atoms with Crippen molar-refractivity contribution in [3.05, 3.63) is 0 Å². The number of rotatable bonds is 10. The van der Waals surface area contributed by atoms with E-state index in [9.17, 15) is 9.59 Å². The smallest absolute Gasteiger partial charge is 0.426 e. The first kappa shape index (κ1) is 18.5. The second kappa shape index (κ2) is 13.9. The Labute approximate surface area is 119 Å². The largest absolute Gasteiger partial charge is 0.446 e. The van der Waals surface area contributed by atoms with Gasteiger partial charge in [0.1, 0.15) is 13.2 Å². The number of ether oxygens (including phenoxy) is 4. The molecule has 0 aromatic rings. The lowest BCUT2D eigenvalue weighted by Crippen LogP contribution is -2.42. The van der Waals surface area contributed by atoms with Gasteiger partial charge in [-0.1, -0.05) is 13.8 Å². The third-order valence-corrected chi connectivity index (χ3v) is 1.89. The van der Waals surface area contributed by atoms with E-state index in [0.717, 1.165) is 12.8 Å². The van der Waals surface area contributed by atoms with Crippen LogP contribution in [0.15, 0.2) is 0 Å². The topological polar surface area (TPSA) is 95.1 Å². The van der Waals surface area contributed by atoms with E-state index in [4.69, 9.17) is 18.9 Å². The van der Waals surface area contributed by atoms with Gasteiger partial charge in [0.2, 0.25) is 0 Å². The minimum atomic E-state index is -0.774. The molecule has 0 aliphatic heterocycles. The highest BCUT2D eigenvalue weighted by Crippen LogP contribution is 1.84. The SMILES string of the molecule is CCCOCCOC(=O)NNC(=O)OCCOCCC. The highest BCUT2D eigenvalue weighted by molar-refractivity contribution is 5.73. The Morgan fingerprint density at radius 2 is 1.10 bits per heavy atom. The fourth-order valence-corrected chi connectivity index (χ4v) is 1.05. The van der Waals surface area contributed by atoms with E-state index in [1.165, 1.54) is 0 Å². The van der Waals surface area contributed by atoms with Crippen LogP contribution in [0.4, 0.5) is 9.59 Å². The predicted molar refractivity (Wildman–Crippen MR) is 71.2 cm³/mol. The quantitative estimate of drug-likeness (QED) is 0.464. The van der Waals surface area contributed by atoms with Crippen molar-refractivity contribution >= 4 is 12.2 Å². The molecule has 0 heterocycles. The third-order valence-electron chi connectivity index (χ3n) is 1.89. The maximum atomic E-state index is 11.1. The number of hydrogen-bond donors (Lipinski definition) is 2. The molecule has 0 radical (unpaired) electrons. The molecule has 8 nitrogen and oxygen atoms in total. The summed E-state index contributed by atoms with van der Waals surface area (Å²) in [5, 5.41) is 0. The molecule has 0 aliphatic carbocycles. The van der Waals surface area contributed by atoms with Crippen molar-refractivity contribution < 1.29 is 28.5 Å². The van der Waals surface area contributed by atoms with Crippen molar-refractivity contribution in [3.63, 3.8) is 0 Å². The van der Waals surface area contributed by atoms with E-state index < -0.39 is 12.2 Å². The molecule has 0 fully saturated rings. The standard InChI is InChI=1S/C12H24N2O6/c1-3-5-17-7-9-19-11(15)13-14-12(16)20-10-8-18-6-4-2/h3-10H2,1-2H3,(H,13,15)(H,14,16). The van der Waals surface area contributed by atoms with Crippen molar-refractivity contribution in [2.24, 2.45) is 0 Å². The van der Waals surface area contributed by atoms with Crippen molar-refractivity contribution in [1.82, 2.24) is 10.9 Å². The molecular formula is C12H24N2O6.